The van der Waals surface area contributed by atoms with Crippen molar-refractivity contribution in [2.45, 2.75) is 0 Å². The monoisotopic (exact) mass is 336 g/mol. The molecule has 0 radical (unpaired) electrons. The molecular formula is C20H16O5. The molecule has 0 aliphatic carbocycles. The van der Waals surface area contributed by atoms with Crippen LogP contribution in [0.15, 0.2) is 60.7 Å². The number of methoxy groups -OCH3 is 1. The van der Waals surface area contributed by atoms with E-state index >= 15 is 0 Å². The summed E-state index contributed by atoms with van der Waals surface area (Å²) in [7, 11) is 1.25. The predicted molar refractivity (Wildman–Crippen MR) is 92.8 cm³/mol. The van der Waals surface area contributed by atoms with E-state index in [0.717, 1.165) is 6.08 Å². The van der Waals surface area contributed by atoms with Crippen LogP contribution in [0.5, 0.6) is 11.5 Å². The third-order valence-electron chi connectivity index (χ3n) is 3.12. The average Bonchev–Trinajstić information content (AvgIpc) is 2.65. The van der Waals surface area contributed by atoms with Crippen LogP contribution in [0.3, 0.4) is 0 Å². The van der Waals surface area contributed by atoms with Gasteiger partial charge in [-0.2, -0.15) is 0 Å². The topological polar surface area (TPSA) is 61.8 Å². The summed E-state index contributed by atoms with van der Waals surface area (Å²) in [5.41, 5.74) is 0.673. The van der Waals surface area contributed by atoms with Gasteiger partial charge in [0, 0.05) is 6.08 Å². The molecule has 0 aliphatic rings. The second kappa shape index (κ2) is 8.94. The molecule has 0 N–H and O–H groups in total. The Morgan fingerprint density at radius 3 is 2.28 bits per heavy atom. The Hall–Kier alpha value is -3.52. The number of rotatable bonds is 6. The highest BCUT2D eigenvalue weighted by molar-refractivity contribution is 6.20. The van der Waals surface area contributed by atoms with E-state index in [1.165, 1.54) is 7.11 Å². The standard InChI is InChI=1S/C20H16O5/c1-3-13-24-16-9-11-17(12-10-16)25-19(21)14-18(20(22)23-2)15-7-5-4-6-8-15/h1,4-12,14H,13H2,2H3/b18-14+. The first-order valence-electron chi connectivity index (χ1n) is 7.37. The Balaban J connectivity index is 2.13. The number of benzene rings is 2. The number of carbonyl (C=O) groups excluding carboxylic acids is 2. The van der Waals surface area contributed by atoms with Gasteiger partial charge in [-0.05, 0) is 29.8 Å². The van der Waals surface area contributed by atoms with E-state index in [1.807, 2.05) is 0 Å². The van der Waals surface area contributed by atoms with Crippen LogP contribution >= 0.6 is 0 Å². The predicted octanol–water partition coefficient (Wildman–Crippen LogP) is 2.86. The first kappa shape index (κ1) is 17.8. The fourth-order valence-corrected chi connectivity index (χ4v) is 1.98. The van der Waals surface area contributed by atoms with E-state index in [0.29, 0.717) is 17.1 Å². The molecule has 0 saturated heterocycles. The molecule has 0 fully saturated rings. The number of esters is 2. The van der Waals surface area contributed by atoms with Gasteiger partial charge in [0.1, 0.15) is 18.1 Å². The van der Waals surface area contributed by atoms with Crippen LogP contribution < -0.4 is 9.47 Å². The van der Waals surface area contributed by atoms with Gasteiger partial charge in [-0.3, -0.25) is 0 Å². The van der Waals surface area contributed by atoms with Crippen molar-refractivity contribution >= 4 is 17.5 Å². The zero-order valence-electron chi connectivity index (χ0n) is 13.6. The molecule has 5 nitrogen and oxygen atoms in total. The van der Waals surface area contributed by atoms with Crippen molar-refractivity contribution < 1.29 is 23.8 Å². The molecule has 2 aromatic rings. The molecule has 25 heavy (non-hydrogen) atoms. The molecular weight excluding hydrogens is 320 g/mol. The van der Waals surface area contributed by atoms with E-state index in [9.17, 15) is 9.59 Å². The maximum Gasteiger partial charge on any atom is 0.338 e. The molecule has 0 aliphatic heterocycles. The Kier molecular flexibility index (Phi) is 6.38. The van der Waals surface area contributed by atoms with Crippen LogP contribution in [0.2, 0.25) is 0 Å². The SMILES string of the molecule is C#CCOc1ccc(OC(=O)/C=C(/C(=O)OC)c2ccccc2)cc1. The Labute approximate surface area is 145 Å². The van der Waals surface area contributed by atoms with Gasteiger partial charge in [-0.25, -0.2) is 9.59 Å². The third kappa shape index (κ3) is 5.26. The van der Waals surface area contributed by atoms with Gasteiger partial charge in [0.2, 0.25) is 0 Å². The van der Waals surface area contributed by atoms with Crippen LogP contribution in [0.25, 0.3) is 5.57 Å². The summed E-state index contributed by atoms with van der Waals surface area (Å²) in [5, 5.41) is 0. The molecule has 0 heterocycles. The molecule has 0 saturated carbocycles. The van der Waals surface area contributed by atoms with Crippen molar-refractivity contribution in [2.24, 2.45) is 0 Å². The van der Waals surface area contributed by atoms with E-state index in [4.69, 9.17) is 20.6 Å². The van der Waals surface area contributed by atoms with Gasteiger partial charge in [0.15, 0.2) is 0 Å². The summed E-state index contributed by atoms with van der Waals surface area (Å²) in [6.07, 6.45) is 6.21. The van der Waals surface area contributed by atoms with Crippen molar-refractivity contribution in [2.75, 3.05) is 13.7 Å². The summed E-state index contributed by atoms with van der Waals surface area (Å²) in [5.74, 6) is 1.91. The largest absolute Gasteiger partial charge is 0.481 e. The molecule has 0 atom stereocenters. The second-order valence-electron chi connectivity index (χ2n) is 4.80. The van der Waals surface area contributed by atoms with Crippen LogP contribution in [0, 0.1) is 12.3 Å². The minimum absolute atomic E-state index is 0.113. The number of terminal acetylenes is 1. The van der Waals surface area contributed by atoms with Gasteiger partial charge < -0.3 is 14.2 Å². The van der Waals surface area contributed by atoms with Crippen LogP contribution in [0.4, 0.5) is 0 Å². The van der Waals surface area contributed by atoms with Crippen LogP contribution in [-0.2, 0) is 14.3 Å². The van der Waals surface area contributed by atoms with E-state index in [-0.39, 0.29) is 12.2 Å². The van der Waals surface area contributed by atoms with Crippen molar-refractivity contribution in [3.8, 4) is 23.8 Å². The smallest absolute Gasteiger partial charge is 0.338 e. The highest BCUT2D eigenvalue weighted by Crippen LogP contribution is 2.19. The zero-order chi connectivity index (χ0) is 18.1. The quantitative estimate of drug-likeness (QED) is 0.351. The van der Waals surface area contributed by atoms with Gasteiger partial charge in [0.25, 0.3) is 0 Å². The minimum Gasteiger partial charge on any atom is -0.481 e. The molecule has 0 bridgehead atoms. The maximum atomic E-state index is 12.1. The Morgan fingerprint density at radius 2 is 1.68 bits per heavy atom. The molecule has 0 aromatic heterocycles. The first-order valence-corrected chi connectivity index (χ1v) is 7.37. The zero-order valence-corrected chi connectivity index (χ0v) is 13.6. The minimum atomic E-state index is -0.693. The van der Waals surface area contributed by atoms with Crippen molar-refractivity contribution in [3.63, 3.8) is 0 Å². The average molecular weight is 336 g/mol. The first-order chi connectivity index (χ1) is 12.1. The summed E-state index contributed by atoms with van der Waals surface area (Å²) in [4.78, 5) is 24.0. The number of hydrogen-bond acceptors (Lipinski definition) is 5. The van der Waals surface area contributed by atoms with E-state index in [2.05, 4.69) is 5.92 Å². The van der Waals surface area contributed by atoms with Crippen molar-refractivity contribution in [1.29, 1.82) is 0 Å². The summed E-state index contributed by atoms with van der Waals surface area (Å²) < 4.78 is 15.2. The van der Waals surface area contributed by atoms with Crippen molar-refractivity contribution in [1.82, 2.24) is 0 Å². The van der Waals surface area contributed by atoms with Gasteiger partial charge in [-0.1, -0.05) is 36.3 Å². The summed E-state index contributed by atoms with van der Waals surface area (Å²) in [6, 6.07) is 15.1. The lowest BCUT2D eigenvalue weighted by molar-refractivity contribution is -0.134. The van der Waals surface area contributed by atoms with Gasteiger partial charge >= 0.3 is 11.9 Å². The Morgan fingerprint density at radius 1 is 1.04 bits per heavy atom. The fourth-order valence-electron chi connectivity index (χ4n) is 1.98. The molecule has 2 rings (SSSR count). The normalized spacial score (nSPS) is 10.5. The third-order valence-corrected chi connectivity index (χ3v) is 3.12. The van der Waals surface area contributed by atoms with E-state index in [1.54, 1.807) is 54.6 Å². The van der Waals surface area contributed by atoms with Crippen LogP contribution in [0.1, 0.15) is 5.56 Å². The highest BCUT2D eigenvalue weighted by Gasteiger charge is 2.15. The van der Waals surface area contributed by atoms with Gasteiger partial charge in [0.05, 0.1) is 12.7 Å². The van der Waals surface area contributed by atoms with Gasteiger partial charge in [-0.15, -0.1) is 6.42 Å². The van der Waals surface area contributed by atoms with Crippen molar-refractivity contribution in [3.05, 3.63) is 66.2 Å². The lowest BCUT2D eigenvalue weighted by Crippen LogP contribution is -2.10. The number of carbonyl (C=O) groups is 2. The molecule has 2 aromatic carbocycles. The molecule has 0 unspecified atom stereocenters. The lowest BCUT2D eigenvalue weighted by Gasteiger charge is -2.07. The second-order valence-corrected chi connectivity index (χ2v) is 4.80. The van der Waals surface area contributed by atoms with Crippen LogP contribution in [-0.4, -0.2) is 25.7 Å². The Bertz CT molecular complexity index is 798. The summed E-state index contributed by atoms with van der Waals surface area (Å²) in [6.45, 7) is 0.154. The fraction of sp³-hybridized carbons (Fsp3) is 0.100. The van der Waals surface area contributed by atoms with E-state index < -0.39 is 11.9 Å². The maximum absolute atomic E-state index is 12.1. The molecule has 0 spiro atoms. The molecule has 126 valence electrons. The molecule has 0 amide bonds. The highest BCUT2D eigenvalue weighted by atomic mass is 16.5. The number of ether oxygens (including phenoxy) is 3. The number of hydrogen-bond donors (Lipinski definition) is 0. The summed E-state index contributed by atoms with van der Waals surface area (Å²) >= 11 is 0. The molecule has 5 heteroatoms. The lowest BCUT2D eigenvalue weighted by atomic mass is 10.1.